The first-order valence-electron chi connectivity index (χ1n) is 6.87. The van der Waals surface area contributed by atoms with Crippen LogP contribution in [0.4, 0.5) is 0 Å². The number of halogens is 1. The lowest BCUT2D eigenvalue weighted by molar-refractivity contribution is 0.0462. The van der Waals surface area contributed by atoms with Crippen LogP contribution in [0.25, 0.3) is 0 Å². The van der Waals surface area contributed by atoms with Gasteiger partial charge in [0.1, 0.15) is 0 Å². The van der Waals surface area contributed by atoms with Gasteiger partial charge < -0.3 is 4.74 Å². The van der Waals surface area contributed by atoms with Crippen LogP contribution in [0.2, 0.25) is 0 Å². The third-order valence-corrected chi connectivity index (χ3v) is 5.80. The van der Waals surface area contributed by atoms with Crippen LogP contribution in [0, 0.1) is 0 Å². The maximum atomic E-state index is 12.5. The smallest absolute Gasteiger partial charge is 0.0978 e. The Morgan fingerprint density at radius 2 is 1.75 bits per heavy atom. The monoisotopic (exact) mass is 359 g/mol. The normalized spacial score (nSPS) is 20.6. The van der Waals surface area contributed by atoms with Gasteiger partial charge in [0.05, 0.1) is 21.3 Å². The third kappa shape index (κ3) is 3.70. The van der Waals surface area contributed by atoms with Crippen molar-refractivity contribution >= 4 is 26.9 Å². The molecule has 1 heterocycles. The largest absolute Gasteiger partial charge is 0.381 e. The van der Waals surface area contributed by atoms with Crippen LogP contribution in [0.1, 0.15) is 39.2 Å². The molecule has 112 valence electrons. The lowest BCUT2D eigenvalue weighted by Crippen LogP contribution is -2.51. The van der Waals surface area contributed by atoms with Gasteiger partial charge >= 0.3 is 0 Å². The zero-order valence-corrected chi connectivity index (χ0v) is 14.6. The van der Waals surface area contributed by atoms with Crippen LogP contribution in [-0.4, -0.2) is 22.2 Å². The van der Waals surface area contributed by atoms with Crippen molar-refractivity contribution in [1.82, 2.24) is 4.72 Å². The van der Waals surface area contributed by atoms with Gasteiger partial charge in [0.15, 0.2) is 0 Å². The minimum atomic E-state index is -1.10. The van der Waals surface area contributed by atoms with E-state index in [-0.39, 0.29) is 10.3 Å². The Hall–Kier alpha value is -0.230. The molecule has 1 atom stereocenters. The van der Waals surface area contributed by atoms with E-state index in [9.17, 15) is 4.21 Å². The van der Waals surface area contributed by atoms with E-state index in [4.69, 9.17) is 4.74 Å². The molecule has 1 saturated heterocycles. The molecule has 1 aliphatic rings. The molecule has 1 aliphatic heterocycles. The second-order valence-corrected chi connectivity index (χ2v) is 9.07. The molecule has 0 bridgehead atoms. The first-order chi connectivity index (χ1) is 9.33. The van der Waals surface area contributed by atoms with E-state index in [1.165, 1.54) is 5.56 Å². The summed E-state index contributed by atoms with van der Waals surface area (Å²) in [5.74, 6) is 0. The van der Waals surface area contributed by atoms with Crippen LogP contribution in [0.15, 0.2) is 28.7 Å². The van der Waals surface area contributed by atoms with E-state index in [0.717, 1.165) is 17.3 Å². The summed E-state index contributed by atoms with van der Waals surface area (Å²) in [6.07, 6.45) is 1.69. The number of ether oxygens (including phenoxy) is 1. The molecular formula is C15H22BrNO2S. The fourth-order valence-electron chi connectivity index (χ4n) is 2.27. The molecule has 1 aromatic rings. The van der Waals surface area contributed by atoms with E-state index in [0.29, 0.717) is 13.2 Å². The molecule has 2 rings (SSSR count). The minimum absolute atomic E-state index is 0.253. The molecule has 1 aromatic carbocycles. The Balaban J connectivity index is 2.30. The topological polar surface area (TPSA) is 38.3 Å². The molecule has 3 nitrogen and oxygen atoms in total. The van der Waals surface area contributed by atoms with Crippen LogP contribution in [0.3, 0.4) is 0 Å². The summed E-state index contributed by atoms with van der Waals surface area (Å²) in [4.78, 5) is 0. The summed E-state index contributed by atoms with van der Waals surface area (Å²) >= 11 is 3.46. The fourth-order valence-corrected chi connectivity index (χ4v) is 3.52. The van der Waals surface area contributed by atoms with Gasteiger partial charge in [0, 0.05) is 17.7 Å². The maximum Gasteiger partial charge on any atom is 0.0978 e. The molecule has 0 aliphatic carbocycles. The highest BCUT2D eigenvalue weighted by Gasteiger charge is 2.38. The van der Waals surface area contributed by atoms with Crippen LogP contribution >= 0.6 is 15.9 Å². The molecule has 1 unspecified atom stereocenters. The van der Waals surface area contributed by atoms with Gasteiger partial charge in [-0.15, -0.1) is 0 Å². The number of rotatable bonds is 3. The van der Waals surface area contributed by atoms with E-state index < -0.39 is 11.0 Å². The Kier molecular flexibility index (Phi) is 5.05. The Morgan fingerprint density at radius 3 is 2.25 bits per heavy atom. The molecule has 0 saturated carbocycles. The predicted octanol–water partition coefficient (Wildman–Crippen LogP) is 3.51. The van der Waals surface area contributed by atoms with Crippen molar-refractivity contribution in [2.75, 3.05) is 13.2 Å². The van der Waals surface area contributed by atoms with Gasteiger partial charge in [0.2, 0.25) is 0 Å². The Labute approximate surface area is 132 Å². The van der Waals surface area contributed by atoms with E-state index in [1.807, 2.05) is 32.9 Å². The average molecular weight is 360 g/mol. The average Bonchev–Trinajstić information content (AvgIpc) is 2.39. The maximum absolute atomic E-state index is 12.5. The first kappa shape index (κ1) is 16.1. The molecule has 0 amide bonds. The Morgan fingerprint density at radius 1 is 1.20 bits per heavy atom. The van der Waals surface area contributed by atoms with Crippen molar-refractivity contribution in [3.63, 3.8) is 0 Å². The minimum Gasteiger partial charge on any atom is -0.381 e. The number of hydrogen-bond acceptors (Lipinski definition) is 2. The molecule has 0 aromatic heterocycles. The molecule has 0 spiro atoms. The summed E-state index contributed by atoms with van der Waals surface area (Å²) < 4.78 is 22.2. The van der Waals surface area contributed by atoms with Crippen molar-refractivity contribution < 1.29 is 8.95 Å². The molecule has 1 fully saturated rings. The van der Waals surface area contributed by atoms with Gasteiger partial charge in [-0.2, -0.15) is 0 Å². The molecular weight excluding hydrogens is 338 g/mol. The first-order valence-corrected chi connectivity index (χ1v) is 8.81. The van der Waals surface area contributed by atoms with E-state index in [1.54, 1.807) is 0 Å². The number of hydrogen-bond donors (Lipinski definition) is 1. The molecule has 20 heavy (non-hydrogen) atoms. The van der Waals surface area contributed by atoms with Crippen molar-refractivity contribution in [2.45, 2.75) is 43.9 Å². The lowest BCUT2D eigenvalue weighted by atomic mass is 9.84. The van der Waals surface area contributed by atoms with E-state index >= 15 is 0 Å². The molecule has 0 radical (unpaired) electrons. The SMILES string of the molecule is CC(C)(C)S(=O)NC1(c2ccc(Br)cc2)CCOCC1. The number of benzene rings is 1. The van der Waals surface area contributed by atoms with Crippen molar-refractivity contribution in [2.24, 2.45) is 0 Å². The van der Waals surface area contributed by atoms with Gasteiger partial charge in [0.25, 0.3) is 0 Å². The third-order valence-electron chi connectivity index (χ3n) is 3.59. The standard InChI is InChI=1S/C15H22BrNO2S/c1-14(2,3)20(18)17-15(8-10-19-11-9-15)12-4-6-13(16)7-5-12/h4-7,17H,8-11H2,1-3H3. The van der Waals surface area contributed by atoms with Gasteiger partial charge in [-0.3, -0.25) is 0 Å². The van der Waals surface area contributed by atoms with Gasteiger partial charge in [-0.1, -0.05) is 28.1 Å². The second-order valence-electron chi connectivity index (χ2n) is 6.18. The summed E-state index contributed by atoms with van der Waals surface area (Å²) in [6, 6.07) is 8.27. The van der Waals surface area contributed by atoms with Crippen molar-refractivity contribution in [3.8, 4) is 0 Å². The van der Waals surface area contributed by atoms with Crippen molar-refractivity contribution in [1.29, 1.82) is 0 Å². The highest BCUT2D eigenvalue weighted by Crippen LogP contribution is 2.34. The fraction of sp³-hybridized carbons (Fsp3) is 0.600. The summed E-state index contributed by atoms with van der Waals surface area (Å²) in [6.45, 7) is 7.37. The van der Waals surface area contributed by atoms with Crippen LogP contribution in [-0.2, 0) is 21.3 Å². The zero-order valence-electron chi connectivity index (χ0n) is 12.2. The summed E-state index contributed by atoms with van der Waals surface area (Å²) in [7, 11) is -1.10. The summed E-state index contributed by atoms with van der Waals surface area (Å²) in [5, 5.41) is 0. The van der Waals surface area contributed by atoms with Gasteiger partial charge in [-0.05, 0) is 51.3 Å². The highest BCUT2D eigenvalue weighted by molar-refractivity contribution is 9.10. The predicted molar refractivity (Wildman–Crippen MR) is 86.9 cm³/mol. The molecule has 5 heteroatoms. The Bertz CT molecular complexity index is 476. The second kappa shape index (κ2) is 6.26. The van der Waals surface area contributed by atoms with E-state index in [2.05, 4.69) is 32.8 Å². The lowest BCUT2D eigenvalue weighted by Gasteiger charge is -2.39. The quantitative estimate of drug-likeness (QED) is 0.896. The number of nitrogens with one attached hydrogen (secondary N) is 1. The molecule has 1 N–H and O–H groups in total. The van der Waals surface area contributed by atoms with Crippen molar-refractivity contribution in [3.05, 3.63) is 34.3 Å². The van der Waals surface area contributed by atoms with Gasteiger partial charge in [-0.25, -0.2) is 8.93 Å². The van der Waals surface area contributed by atoms with Crippen LogP contribution in [0.5, 0.6) is 0 Å². The highest BCUT2D eigenvalue weighted by atomic mass is 79.9. The van der Waals surface area contributed by atoms with Crippen LogP contribution < -0.4 is 4.72 Å². The summed E-state index contributed by atoms with van der Waals surface area (Å²) in [5.41, 5.74) is 0.929. The zero-order chi connectivity index (χ0) is 14.8.